The van der Waals surface area contributed by atoms with Crippen LogP contribution >= 0.6 is 0 Å². The van der Waals surface area contributed by atoms with Gasteiger partial charge in [0.25, 0.3) is 5.56 Å². The molecule has 0 amide bonds. The predicted octanol–water partition coefficient (Wildman–Crippen LogP) is 5.64. The smallest absolute Gasteiger partial charge is 0.259 e. The third-order valence-electron chi connectivity index (χ3n) is 9.39. The highest BCUT2D eigenvalue weighted by Crippen LogP contribution is 2.41. The molecule has 2 aromatic carbocycles. The van der Waals surface area contributed by atoms with Gasteiger partial charge in [0.2, 0.25) is 5.78 Å². The van der Waals surface area contributed by atoms with Crippen LogP contribution in [0.1, 0.15) is 86.7 Å². The van der Waals surface area contributed by atoms with Crippen molar-refractivity contribution in [2.24, 2.45) is 5.41 Å². The van der Waals surface area contributed by atoms with Crippen LogP contribution in [0.4, 0.5) is 0 Å². The zero-order valence-electron chi connectivity index (χ0n) is 24.3. The molecule has 4 aromatic rings. The molecule has 0 spiro atoms. The average molecular weight is 566 g/mol. The van der Waals surface area contributed by atoms with Gasteiger partial charge in [-0.3, -0.25) is 9.36 Å². The minimum Gasteiger partial charge on any atom is -0.396 e. The first-order chi connectivity index (χ1) is 20.6. The SMILES string of the molecule is CCCc1c(Cc2ccc(-c3ccccc3C#N)cc2)c(=O)n(C2CCC(OCC3(CO)CCC3)CC2)c2ncnn12. The molecule has 2 fully saturated rings. The molecular weight excluding hydrogens is 526 g/mol. The molecule has 2 aliphatic rings. The van der Waals surface area contributed by atoms with E-state index in [0.717, 1.165) is 79.3 Å². The summed E-state index contributed by atoms with van der Waals surface area (Å²) >= 11 is 0. The van der Waals surface area contributed by atoms with E-state index in [1.165, 1.54) is 6.42 Å². The summed E-state index contributed by atoms with van der Waals surface area (Å²) in [7, 11) is 0. The van der Waals surface area contributed by atoms with E-state index in [1.54, 1.807) is 6.33 Å². The molecule has 8 heteroatoms. The van der Waals surface area contributed by atoms with Gasteiger partial charge in [-0.15, -0.1) is 0 Å². The average Bonchev–Trinajstić information content (AvgIpc) is 3.49. The van der Waals surface area contributed by atoms with Crippen molar-refractivity contribution in [2.75, 3.05) is 13.2 Å². The molecule has 0 aliphatic heterocycles. The Hall–Kier alpha value is -3.80. The fourth-order valence-corrected chi connectivity index (χ4v) is 6.71. The first-order valence-corrected chi connectivity index (χ1v) is 15.3. The Morgan fingerprint density at radius 3 is 2.52 bits per heavy atom. The number of nitriles is 1. The highest BCUT2D eigenvalue weighted by atomic mass is 16.5. The van der Waals surface area contributed by atoms with Crippen molar-refractivity contribution >= 4 is 5.78 Å². The normalized spacial score (nSPS) is 19.8. The summed E-state index contributed by atoms with van der Waals surface area (Å²) in [5.74, 6) is 0.619. The molecule has 0 radical (unpaired) electrons. The number of fused-ring (bicyclic) bond motifs is 1. The van der Waals surface area contributed by atoms with Gasteiger partial charge in [-0.1, -0.05) is 62.2 Å². The van der Waals surface area contributed by atoms with Crippen LogP contribution in [0.2, 0.25) is 0 Å². The lowest BCUT2D eigenvalue weighted by atomic mass is 9.70. The summed E-state index contributed by atoms with van der Waals surface area (Å²) < 4.78 is 10.0. The van der Waals surface area contributed by atoms with E-state index in [1.807, 2.05) is 45.5 Å². The second kappa shape index (κ2) is 12.2. The minimum absolute atomic E-state index is 0.0240. The summed E-state index contributed by atoms with van der Waals surface area (Å²) in [6.07, 6.45) is 10.6. The number of aliphatic hydroxyl groups excluding tert-OH is 1. The molecule has 0 bridgehead atoms. The van der Waals surface area contributed by atoms with E-state index in [0.29, 0.717) is 24.4 Å². The standard InChI is InChI=1S/C34H39N5O3/c1-2-6-31-30(19-24-9-11-25(12-10-24)29-8-4-3-7-26(29)20-35)32(41)38(33-36-23-37-39(31)33)27-13-15-28(16-14-27)42-22-34(21-40)17-5-18-34/h3-4,7-12,23,27-28,40H,2,5-6,13-19,21-22H2,1H3. The molecule has 42 heavy (non-hydrogen) atoms. The highest BCUT2D eigenvalue weighted by Gasteiger charge is 2.38. The Bertz CT molecular complexity index is 1630. The maximum absolute atomic E-state index is 14.3. The number of nitrogens with zero attached hydrogens (tertiary/aromatic N) is 5. The van der Waals surface area contributed by atoms with E-state index in [2.05, 4.69) is 35.2 Å². The fraction of sp³-hybridized carbons (Fsp3) is 0.471. The third kappa shape index (κ3) is 5.39. The predicted molar refractivity (Wildman–Crippen MR) is 161 cm³/mol. The molecule has 6 rings (SSSR count). The molecule has 8 nitrogen and oxygen atoms in total. The highest BCUT2D eigenvalue weighted by molar-refractivity contribution is 5.70. The molecule has 2 aliphatic carbocycles. The van der Waals surface area contributed by atoms with Gasteiger partial charge in [0.15, 0.2) is 0 Å². The van der Waals surface area contributed by atoms with Gasteiger partial charge < -0.3 is 9.84 Å². The quantitative estimate of drug-likeness (QED) is 0.267. The van der Waals surface area contributed by atoms with Crippen molar-refractivity contribution in [3.8, 4) is 17.2 Å². The molecule has 0 atom stereocenters. The molecule has 1 N–H and O–H groups in total. The van der Waals surface area contributed by atoms with E-state index in [9.17, 15) is 15.2 Å². The van der Waals surface area contributed by atoms with E-state index >= 15 is 0 Å². The number of benzene rings is 2. The Morgan fingerprint density at radius 2 is 1.86 bits per heavy atom. The van der Waals surface area contributed by atoms with Crippen LogP contribution in [0, 0.1) is 16.7 Å². The van der Waals surface area contributed by atoms with Crippen LogP contribution in [-0.4, -0.2) is 43.6 Å². The van der Waals surface area contributed by atoms with Gasteiger partial charge in [-0.2, -0.15) is 15.3 Å². The molecule has 2 saturated carbocycles. The number of aliphatic hydroxyl groups is 1. The van der Waals surface area contributed by atoms with Crippen molar-refractivity contribution in [1.82, 2.24) is 19.2 Å². The zero-order chi connectivity index (χ0) is 29.1. The summed E-state index contributed by atoms with van der Waals surface area (Å²) in [4.78, 5) is 18.8. The van der Waals surface area contributed by atoms with E-state index in [-0.39, 0.29) is 29.7 Å². The number of hydrogen-bond donors (Lipinski definition) is 1. The van der Waals surface area contributed by atoms with Crippen LogP contribution in [0.5, 0.6) is 0 Å². The fourth-order valence-electron chi connectivity index (χ4n) is 6.71. The van der Waals surface area contributed by atoms with Crippen molar-refractivity contribution < 1.29 is 9.84 Å². The summed E-state index contributed by atoms with van der Waals surface area (Å²) in [5.41, 5.74) is 5.26. The Morgan fingerprint density at radius 1 is 1.10 bits per heavy atom. The largest absolute Gasteiger partial charge is 0.396 e. The first kappa shape index (κ1) is 28.3. The van der Waals surface area contributed by atoms with Crippen LogP contribution in [0.15, 0.2) is 59.7 Å². The van der Waals surface area contributed by atoms with Crippen LogP contribution in [0.3, 0.4) is 0 Å². The Balaban J connectivity index is 1.26. The van der Waals surface area contributed by atoms with Gasteiger partial charge in [0, 0.05) is 23.4 Å². The van der Waals surface area contributed by atoms with Gasteiger partial charge >= 0.3 is 0 Å². The first-order valence-electron chi connectivity index (χ1n) is 15.3. The van der Waals surface area contributed by atoms with Gasteiger partial charge in [0.1, 0.15) is 6.33 Å². The van der Waals surface area contributed by atoms with Gasteiger partial charge in [-0.25, -0.2) is 4.52 Å². The lowest BCUT2D eigenvalue weighted by molar-refractivity contribution is -0.0808. The summed E-state index contributed by atoms with van der Waals surface area (Å²) in [5, 5.41) is 23.9. The van der Waals surface area contributed by atoms with Crippen LogP contribution < -0.4 is 5.56 Å². The second-order valence-electron chi connectivity index (χ2n) is 12.1. The molecule has 0 saturated heterocycles. The van der Waals surface area contributed by atoms with Crippen molar-refractivity contribution in [3.05, 3.63) is 87.6 Å². The number of aryl methyl sites for hydroxylation is 1. The molecule has 218 valence electrons. The monoisotopic (exact) mass is 565 g/mol. The van der Waals surface area contributed by atoms with Crippen molar-refractivity contribution in [1.29, 1.82) is 5.26 Å². The summed E-state index contributed by atoms with van der Waals surface area (Å²) in [6.45, 7) is 2.95. The van der Waals surface area contributed by atoms with Gasteiger partial charge in [-0.05, 0) is 67.7 Å². The minimum atomic E-state index is -0.0389. The third-order valence-corrected chi connectivity index (χ3v) is 9.39. The topological polar surface area (TPSA) is 105 Å². The van der Waals surface area contributed by atoms with Crippen molar-refractivity contribution in [3.63, 3.8) is 0 Å². The van der Waals surface area contributed by atoms with Crippen LogP contribution in [-0.2, 0) is 17.6 Å². The number of aromatic nitrogens is 4. The van der Waals surface area contributed by atoms with E-state index in [4.69, 9.17) is 4.74 Å². The van der Waals surface area contributed by atoms with Crippen molar-refractivity contribution in [2.45, 2.75) is 83.3 Å². The maximum atomic E-state index is 14.3. The van der Waals surface area contributed by atoms with Gasteiger partial charge in [0.05, 0.1) is 36.6 Å². The molecule has 2 aromatic heterocycles. The zero-order valence-corrected chi connectivity index (χ0v) is 24.3. The second-order valence-corrected chi connectivity index (χ2v) is 12.1. The molecule has 2 heterocycles. The number of rotatable bonds is 10. The maximum Gasteiger partial charge on any atom is 0.259 e. The van der Waals surface area contributed by atoms with E-state index < -0.39 is 0 Å². The Labute approximate surface area is 246 Å². The lowest BCUT2D eigenvalue weighted by Gasteiger charge is -2.41. The lowest BCUT2D eigenvalue weighted by Crippen LogP contribution is -2.40. The molecule has 0 unspecified atom stereocenters. The number of hydrogen-bond acceptors (Lipinski definition) is 6. The van der Waals surface area contributed by atoms with Crippen LogP contribution in [0.25, 0.3) is 16.9 Å². The Kier molecular flexibility index (Phi) is 8.23. The molecular formula is C34H39N5O3. The summed E-state index contributed by atoms with van der Waals surface area (Å²) in [6, 6.07) is 18.1. The number of ether oxygens (including phenoxy) is 1.